The molecule has 0 saturated heterocycles. The third-order valence-corrected chi connectivity index (χ3v) is 3.38. The molecule has 1 aliphatic carbocycles. The third-order valence-electron chi connectivity index (χ3n) is 3.38. The molecule has 0 spiro atoms. The van der Waals surface area contributed by atoms with Gasteiger partial charge in [-0.1, -0.05) is 56.2 Å². The number of hydrogen-bond donors (Lipinski definition) is 1. The minimum absolute atomic E-state index is 1.08. The number of allylic oxidation sites excluding steroid dienone is 4. The Balaban J connectivity index is 2.05. The van der Waals surface area contributed by atoms with Gasteiger partial charge in [0, 0.05) is 17.8 Å². The van der Waals surface area contributed by atoms with Crippen LogP contribution in [0.3, 0.4) is 0 Å². The van der Waals surface area contributed by atoms with Crippen LogP contribution in [-0.2, 0) is 0 Å². The van der Waals surface area contributed by atoms with Crippen LogP contribution in [0, 0.1) is 0 Å². The predicted octanol–water partition coefficient (Wildman–Crippen LogP) is 5.02. The van der Waals surface area contributed by atoms with Crippen molar-refractivity contribution in [2.75, 3.05) is 11.9 Å². The fraction of sp³-hybridized carbons (Fsp3) is 0.412. The molecule has 0 fully saturated rings. The molecule has 0 amide bonds. The first-order valence-corrected chi connectivity index (χ1v) is 7.11. The van der Waals surface area contributed by atoms with E-state index in [1.807, 2.05) is 0 Å². The topological polar surface area (TPSA) is 12.0 Å². The molecule has 1 nitrogen and oxygen atoms in total. The predicted molar refractivity (Wildman–Crippen MR) is 80.8 cm³/mol. The lowest BCUT2D eigenvalue weighted by atomic mass is 9.96. The molecule has 0 aliphatic heterocycles. The van der Waals surface area contributed by atoms with Gasteiger partial charge in [-0.25, -0.2) is 0 Å². The highest BCUT2D eigenvalue weighted by Crippen LogP contribution is 2.29. The van der Waals surface area contributed by atoms with Crippen molar-refractivity contribution in [1.29, 1.82) is 0 Å². The van der Waals surface area contributed by atoms with E-state index in [-0.39, 0.29) is 0 Å². The second-order valence-electron chi connectivity index (χ2n) is 4.84. The molecule has 0 unspecified atom stereocenters. The van der Waals surface area contributed by atoms with Crippen LogP contribution in [0.25, 0.3) is 5.57 Å². The standard InChI is InChI=1S/C17H23N/c1-2-3-9-14-18-17-13-8-7-12-16(17)15-10-5-4-6-11-15/h4-5,7-8,10,12-13,18H,2-3,6,9,11,14H2,1H3. The summed E-state index contributed by atoms with van der Waals surface area (Å²) in [6, 6.07) is 8.67. The quantitative estimate of drug-likeness (QED) is 0.689. The molecule has 0 heterocycles. The summed E-state index contributed by atoms with van der Waals surface area (Å²) in [7, 11) is 0. The number of rotatable bonds is 6. The zero-order chi connectivity index (χ0) is 12.6. The minimum atomic E-state index is 1.08. The van der Waals surface area contributed by atoms with Crippen molar-refractivity contribution < 1.29 is 0 Å². The van der Waals surface area contributed by atoms with Gasteiger partial charge in [-0.2, -0.15) is 0 Å². The van der Waals surface area contributed by atoms with Gasteiger partial charge < -0.3 is 5.32 Å². The average Bonchev–Trinajstić information content (AvgIpc) is 2.45. The average molecular weight is 241 g/mol. The first-order chi connectivity index (χ1) is 8.92. The van der Waals surface area contributed by atoms with Crippen LogP contribution >= 0.6 is 0 Å². The molecule has 1 aromatic rings. The SMILES string of the molecule is CCCCCNc1ccccc1C1=CC=CCC1. The van der Waals surface area contributed by atoms with Crippen molar-refractivity contribution in [1.82, 2.24) is 0 Å². The molecule has 0 bridgehead atoms. The smallest absolute Gasteiger partial charge is 0.0416 e. The van der Waals surface area contributed by atoms with E-state index in [9.17, 15) is 0 Å². The van der Waals surface area contributed by atoms with Gasteiger partial charge in [0.2, 0.25) is 0 Å². The Hall–Kier alpha value is -1.50. The van der Waals surface area contributed by atoms with E-state index in [4.69, 9.17) is 0 Å². The van der Waals surface area contributed by atoms with Crippen molar-refractivity contribution in [2.24, 2.45) is 0 Å². The zero-order valence-electron chi connectivity index (χ0n) is 11.3. The van der Waals surface area contributed by atoms with E-state index in [0.29, 0.717) is 0 Å². The lowest BCUT2D eigenvalue weighted by Crippen LogP contribution is -2.04. The summed E-state index contributed by atoms with van der Waals surface area (Å²) in [4.78, 5) is 0. The molecule has 0 saturated carbocycles. The van der Waals surface area contributed by atoms with Crippen LogP contribution in [0.1, 0.15) is 44.6 Å². The molecule has 1 aromatic carbocycles. The molecule has 2 rings (SSSR count). The Bertz CT molecular complexity index is 429. The highest BCUT2D eigenvalue weighted by molar-refractivity contribution is 5.77. The van der Waals surface area contributed by atoms with Crippen LogP contribution in [0.4, 0.5) is 5.69 Å². The van der Waals surface area contributed by atoms with Gasteiger partial charge in [0.1, 0.15) is 0 Å². The maximum Gasteiger partial charge on any atom is 0.0416 e. The Morgan fingerprint density at radius 1 is 1.17 bits per heavy atom. The number of unbranched alkanes of at least 4 members (excludes halogenated alkanes) is 2. The van der Waals surface area contributed by atoms with E-state index < -0.39 is 0 Å². The lowest BCUT2D eigenvalue weighted by Gasteiger charge is -2.15. The molecule has 0 aromatic heterocycles. The highest BCUT2D eigenvalue weighted by Gasteiger charge is 2.07. The molecule has 0 atom stereocenters. The van der Waals surface area contributed by atoms with Crippen molar-refractivity contribution >= 4 is 11.3 Å². The molecule has 96 valence electrons. The summed E-state index contributed by atoms with van der Waals surface area (Å²) in [5, 5.41) is 3.58. The third kappa shape index (κ3) is 3.49. The van der Waals surface area contributed by atoms with Crippen LogP contribution in [0.5, 0.6) is 0 Å². The van der Waals surface area contributed by atoms with Crippen LogP contribution in [0.15, 0.2) is 42.5 Å². The molecule has 1 aliphatic rings. The summed E-state index contributed by atoms with van der Waals surface area (Å²) in [5.74, 6) is 0. The molecule has 1 N–H and O–H groups in total. The van der Waals surface area contributed by atoms with Gasteiger partial charge in [0.05, 0.1) is 0 Å². The van der Waals surface area contributed by atoms with E-state index in [0.717, 1.165) is 19.4 Å². The van der Waals surface area contributed by atoms with Crippen molar-refractivity contribution in [2.45, 2.75) is 39.0 Å². The van der Waals surface area contributed by atoms with E-state index >= 15 is 0 Å². The van der Waals surface area contributed by atoms with E-state index in [1.54, 1.807) is 0 Å². The second-order valence-corrected chi connectivity index (χ2v) is 4.84. The Morgan fingerprint density at radius 2 is 2.06 bits per heavy atom. The number of hydrogen-bond acceptors (Lipinski definition) is 1. The monoisotopic (exact) mass is 241 g/mol. The summed E-state index contributed by atoms with van der Waals surface area (Å²) in [5.41, 5.74) is 4.12. The minimum Gasteiger partial charge on any atom is -0.385 e. The lowest BCUT2D eigenvalue weighted by molar-refractivity contribution is 0.743. The second kappa shape index (κ2) is 7.05. The maximum atomic E-state index is 3.58. The highest BCUT2D eigenvalue weighted by atomic mass is 14.9. The molecule has 18 heavy (non-hydrogen) atoms. The van der Waals surface area contributed by atoms with E-state index in [2.05, 4.69) is 54.7 Å². The van der Waals surface area contributed by atoms with Crippen LogP contribution < -0.4 is 5.32 Å². The number of anilines is 1. The Labute approximate surface area is 111 Å². The van der Waals surface area contributed by atoms with Gasteiger partial charge in [0.25, 0.3) is 0 Å². The van der Waals surface area contributed by atoms with Crippen molar-refractivity contribution in [3.8, 4) is 0 Å². The Morgan fingerprint density at radius 3 is 2.83 bits per heavy atom. The number of benzene rings is 1. The van der Waals surface area contributed by atoms with Crippen molar-refractivity contribution in [3.05, 3.63) is 48.1 Å². The first kappa shape index (κ1) is 12.9. The van der Waals surface area contributed by atoms with Gasteiger partial charge in [0.15, 0.2) is 0 Å². The van der Waals surface area contributed by atoms with Gasteiger partial charge >= 0.3 is 0 Å². The fourth-order valence-electron chi connectivity index (χ4n) is 2.34. The largest absolute Gasteiger partial charge is 0.385 e. The normalized spacial score (nSPS) is 14.4. The molecular formula is C17H23N. The summed E-state index contributed by atoms with van der Waals surface area (Å²) < 4.78 is 0. The summed E-state index contributed by atoms with van der Waals surface area (Å²) >= 11 is 0. The zero-order valence-corrected chi connectivity index (χ0v) is 11.3. The summed E-state index contributed by atoms with van der Waals surface area (Å²) in [6.07, 6.45) is 12.8. The van der Waals surface area contributed by atoms with Gasteiger partial charge in [-0.15, -0.1) is 0 Å². The fourth-order valence-corrected chi connectivity index (χ4v) is 2.34. The summed E-state index contributed by atoms with van der Waals surface area (Å²) in [6.45, 7) is 3.32. The van der Waals surface area contributed by atoms with E-state index in [1.165, 1.54) is 36.1 Å². The first-order valence-electron chi connectivity index (χ1n) is 7.11. The molecular weight excluding hydrogens is 218 g/mol. The van der Waals surface area contributed by atoms with Crippen LogP contribution in [0.2, 0.25) is 0 Å². The molecule has 0 radical (unpaired) electrons. The van der Waals surface area contributed by atoms with Crippen LogP contribution in [-0.4, -0.2) is 6.54 Å². The number of nitrogens with one attached hydrogen (secondary N) is 1. The maximum absolute atomic E-state index is 3.58. The van der Waals surface area contributed by atoms with Gasteiger partial charge in [-0.05, 0) is 30.9 Å². The Kier molecular flexibility index (Phi) is 5.07. The van der Waals surface area contributed by atoms with Crippen molar-refractivity contribution in [3.63, 3.8) is 0 Å². The molecule has 1 heteroatoms. The number of para-hydroxylation sites is 1. The van der Waals surface area contributed by atoms with Gasteiger partial charge in [-0.3, -0.25) is 0 Å².